The van der Waals surface area contributed by atoms with Crippen LogP contribution in [-0.4, -0.2) is 48.0 Å². The van der Waals surface area contributed by atoms with Crippen molar-refractivity contribution in [3.05, 3.63) is 94.8 Å². The number of unbranched alkanes of at least 4 members (excludes halogenated alkanes) is 1. The van der Waals surface area contributed by atoms with Crippen molar-refractivity contribution in [3.8, 4) is 0 Å². The van der Waals surface area contributed by atoms with E-state index in [0.29, 0.717) is 5.92 Å². The van der Waals surface area contributed by atoms with E-state index in [1.165, 1.54) is 62.3 Å². The Morgan fingerprint density at radius 2 is 1.86 bits per heavy atom. The first-order valence-corrected chi connectivity index (χ1v) is 13.8. The fourth-order valence-corrected chi connectivity index (χ4v) is 5.59. The zero-order valence-electron chi connectivity index (χ0n) is 22.0. The average molecular weight is 502 g/mol. The van der Waals surface area contributed by atoms with Gasteiger partial charge < -0.3 is 9.80 Å². The first kappa shape index (κ1) is 26.4. The van der Waals surface area contributed by atoms with Crippen LogP contribution in [0.25, 0.3) is 17.0 Å². The van der Waals surface area contributed by atoms with Crippen molar-refractivity contribution in [1.29, 1.82) is 0 Å². The number of nitrogens with zero attached hydrogens (tertiary/aromatic N) is 3. The van der Waals surface area contributed by atoms with Gasteiger partial charge in [0.25, 0.3) is 0 Å². The number of likely N-dealkylation sites (N-methyl/N-ethyl adjacent to an activating group) is 1. The summed E-state index contributed by atoms with van der Waals surface area (Å²) in [4.78, 5) is 9.83. The third-order valence-corrected chi connectivity index (χ3v) is 7.96. The minimum absolute atomic E-state index is 0.342. The van der Waals surface area contributed by atoms with E-state index in [2.05, 4.69) is 79.4 Å². The molecule has 0 bridgehead atoms. The van der Waals surface area contributed by atoms with E-state index in [1.807, 2.05) is 12.1 Å². The molecule has 2 aliphatic rings. The molecular formula is C32H40ClN3. The molecule has 0 amide bonds. The lowest BCUT2D eigenvalue weighted by molar-refractivity contribution is 0.182. The van der Waals surface area contributed by atoms with Gasteiger partial charge in [-0.3, -0.25) is 4.98 Å². The zero-order chi connectivity index (χ0) is 25.5. The van der Waals surface area contributed by atoms with Gasteiger partial charge in [-0.2, -0.15) is 0 Å². The first-order chi connectivity index (χ1) is 17.5. The zero-order valence-corrected chi connectivity index (χ0v) is 22.7. The summed E-state index contributed by atoms with van der Waals surface area (Å²) >= 11 is 6.74. The number of benzene rings is 2. The molecule has 4 heteroatoms. The van der Waals surface area contributed by atoms with Crippen LogP contribution in [0.4, 0.5) is 0 Å². The molecule has 0 saturated carbocycles. The Bertz CT molecular complexity index is 1180. The van der Waals surface area contributed by atoms with E-state index in [1.54, 1.807) is 0 Å². The summed E-state index contributed by atoms with van der Waals surface area (Å²) < 4.78 is 0. The van der Waals surface area contributed by atoms with E-state index in [-0.39, 0.29) is 0 Å². The van der Waals surface area contributed by atoms with Crippen molar-refractivity contribution in [2.24, 2.45) is 0 Å². The Morgan fingerprint density at radius 3 is 2.56 bits per heavy atom. The number of hydrogen-bond acceptors (Lipinski definition) is 3. The first-order valence-electron chi connectivity index (χ1n) is 13.4. The van der Waals surface area contributed by atoms with Crippen LogP contribution in [0.3, 0.4) is 0 Å². The Hall–Kier alpha value is -2.62. The molecule has 190 valence electrons. The number of allylic oxidation sites excluding steroid dienone is 1. The molecule has 5 rings (SSSR count). The van der Waals surface area contributed by atoms with Crippen molar-refractivity contribution in [3.63, 3.8) is 0 Å². The summed E-state index contributed by atoms with van der Waals surface area (Å²) in [5, 5.41) is 1.92. The van der Waals surface area contributed by atoms with Gasteiger partial charge in [0.15, 0.2) is 0 Å². The third kappa shape index (κ3) is 6.19. The van der Waals surface area contributed by atoms with Crippen molar-refractivity contribution < 1.29 is 0 Å². The van der Waals surface area contributed by atoms with Gasteiger partial charge in [-0.15, -0.1) is 0 Å². The summed E-state index contributed by atoms with van der Waals surface area (Å²) in [5.41, 5.74) is 7.10. The molecule has 0 N–H and O–H groups in total. The second kappa shape index (κ2) is 12.6. The number of aromatic nitrogens is 1. The molecule has 3 aromatic rings. The Kier molecular flexibility index (Phi) is 9.23. The predicted molar refractivity (Wildman–Crippen MR) is 156 cm³/mol. The van der Waals surface area contributed by atoms with E-state index < -0.39 is 0 Å². The largest absolute Gasteiger partial charge is 0.373 e. The standard InChI is InChI=1S/C21H18ClN.C11H22N2/c1-2-14-11-12-17-19(13-14)23-21-16(15-7-4-3-5-8-15)9-6-10-18(21)20(17)22;1-4-5-6-11(2)13-9-7-12(3)8-10-13/h2-5,7-8,11-13,16H,1,6,9-10H2;2,4-10H2,1,3H3. The Balaban J connectivity index is 0.000000200. The summed E-state index contributed by atoms with van der Waals surface area (Å²) in [6.45, 7) is 14.9. The van der Waals surface area contributed by atoms with Crippen LogP contribution in [0.1, 0.15) is 67.3 Å². The van der Waals surface area contributed by atoms with Crippen molar-refractivity contribution in [2.75, 3.05) is 33.2 Å². The minimum atomic E-state index is 0.342. The maximum absolute atomic E-state index is 6.74. The molecule has 1 saturated heterocycles. The highest BCUT2D eigenvalue weighted by molar-refractivity contribution is 6.36. The molecule has 1 aliphatic heterocycles. The third-order valence-electron chi connectivity index (χ3n) is 7.53. The van der Waals surface area contributed by atoms with Crippen LogP contribution in [0.15, 0.2) is 67.4 Å². The minimum Gasteiger partial charge on any atom is -0.373 e. The van der Waals surface area contributed by atoms with Crippen LogP contribution < -0.4 is 0 Å². The van der Waals surface area contributed by atoms with Gasteiger partial charge >= 0.3 is 0 Å². The maximum atomic E-state index is 6.74. The molecule has 2 heterocycles. The molecule has 3 nitrogen and oxygen atoms in total. The highest BCUT2D eigenvalue weighted by atomic mass is 35.5. The van der Waals surface area contributed by atoms with Gasteiger partial charge in [0.05, 0.1) is 16.2 Å². The lowest BCUT2D eigenvalue weighted by Gasteiger charge is -2.35. The number of halogens is 1. The number of pyridine rings is 1. The van der Waals surface area contributed by atoms with Gasteiger partial charge in [0, 0.05) is 43.2 Å². The van der Waals surface area contributed by atoms with Gasteiger partial charge in [-0.05, 0) is 61.9 Å². The number of fused-ring (bicyclic) bond motifs is 2. The van der Waals surface area contributed by atoms with E-state index >= 15 is 0 Å². The van der Waals surface area contributed by atoms with Crippen molar-refractivity contribution >= 4 is 28.6 Å². The molecule has 36 heavy (non-hydrogen) atoms. The van der Waals surface area contributed by atoms with E-state index in [9.17, 15) is 0 Å². The molecule has 1 aliphatic carbocycles. The van der Waals surface area contributed by atoms with E-state index in [4.69, 9.17) is 16.6 Å². The number of piperazine rings is 1. The second-order valence-corrected chi connectivity index (χ2v) is 10.5. The number of rotatable bonds is 6. The van der Waals surface area contributed by atoms with Crippen LogP contribution in [0.2, 0.25) is 5.02 Å². The predicted octanol–water partition coefficient (Wildman–Crippen LogP) is 7.94. The summed E-state index contributed by atoms with van der Waals surface area (Å²) in [7, 11) is 2.19. The molecule has 0 radical (unpaired) electrons. The van der Waals surface area contributed by atoms with Gasteiger partial charge in [0.2, 0.25) is 0 Å². The summed E-state index contributed by atoms with van der Waals surface area (Å²) in [6, 6.07) is 16.8. The fraction of sp³-hybridized carbons (Fsp3) is 0.406. The SMILES string of the molecule is C=C(CCCC)N1CCN(C)CC1.C=Cc1ccc2c(Cl)c3c(nc2c1)C(c1ccccc1)CCC3. The number of hydrogen-bond donors (Lipinski definition) is 0. The molecular weight excluding hydrogens is 462 g/mol. The Labute approximate surface area is 222 Å². The molecule has 0 spiro atoms. The molecule has 1 fully saturated rings. The topological polar surface area (TPSA) is 19.4 Å². The monoisotopic (exact) mass is 501 g/mol. The Morgan fingerprint density at radius 1 is 1.11 bits per heavy atom. The van der Waals surface area contributed by atoms with E-state index in [0.717, 1.165) is 46.4 Å². The highest BCUT2D eigenvalue weighted by Gasteiger charge is 2.26. The summed E-state index contributed by atoms with van der Waals surface area (Å²) in [6.07, 6.45) is 8.89. The van der Waals surface area contributed by atoms with Crippen molar-refractivity contribution in [2.45, 2.75) is 51.4 Å². The van der Waals surface area contributed by atoms with Gasteiger partial charge in [-0.1, -0.05) is 86.6 Å². The summed E-state index contributed by atoms with van der Waals surface area (Å²) in [5.74, 6) is 0.342. The van der Waals surface area contributed by atoms with Crippen LogP contribution in [-0.2, 0) is 6.42 Å². The lowest BCUT2D eigenvalue weighted by Crippen LogP contribution is -2.43. The van der Waals surface area contributed by atoms with Crippen molar-refractivity contribution in [1.82, 2.24) is 14.8 Å². The van der Waals surface area contributed by atoms with Gasteiger partial charge in [0.1, 0.15) is 0 Å². The van der Waals surface area contributed by atoms with Gasteiger partial charge in [-0.25, -0.2) is 0 Å². The van der Waals surface area contributed by atoms with Crippen LogP contribution >= 0.6 is 11.6 Å². The fourth-order valence-electron chi connectivity index (χ4n) is 5.24. The normalized spacial score (nSPS) is 17.8. The van der Waals surface area contributed by atoms with Crippen LogP contribution in [0, 0.1) is 0 Å². The van der Waals surface area contributed by atoms with Crippen LogP contribution in [0.5, 0.6) is 0 Å². The molecule has 1 unspecified atom stereocenters. The molecule has 1 atom stereocenters. The highest BCUT2D eigenvalue weighted by Crippen LogP contribution is 2.41. The average Bonchev–Trinajstić information content (AvgIpc) is 2.92. The smallest absolute Gasteiger partial charge is 0.0726 e. The quantitative estimate of drug-likeness (QED) is 0.341. The lowest BCUT2D eigenvalue weighted by atomic mass is 9.81. The molecule has 1 aromatic heterocycles. The molecule has 2 aromatic carbocycles. The second-order valence-electron chi connectivity index (χ2n) is 10.1. The maximum Gasteiger partial charge on any atom is 0.0726 e.